The summed E-state index contributed by atoms with van der Waals surface area (Å²) in [5, 5.41) is -0.382. The van der Waals surface area contributed by atoms with Crippen LogP contribution in [0.5, 0.6) is 0 Å². The van der Waals surface area contributed by atoms with Gasteiger partial charge in [0.25, 0.3) is 0 Å². The van der Waals surface area contributed by atoms with Crippen LogP contribution in [0.25, 0.3) is 0 Å². The molecule has 0 aliphatic rings. The van der Waals surface area contributed by atoms with Crippen LogP contribution in [-0.2, 0) is 29.6 Å². The summed E-state index contributed by atoms with van der Waals surface area (Å²) in [7, 11) is -2.17. The third-order valence-corrected chi connectivity index (χ3v) is 0.454. The van der Waals surface area contributed by atoms with E-state index in [1.165, 1.54) is 21.3 Å². The summed E-state index contributed by atoms with van der Waals surface area (Å²) in [6.45, 7) is 0. The maximum atomic E-state index is 9.75. The Morgan fingerprint density at radius 3 is 1.07 bits per heavy atom. The standard InChI is InChI=1S/C3H10NO6.BF4/c1-5-8-4(9-6-2)10-7-3;2-1(3,4)5/h4H,1-3H3;/q+1;-1. The van der Waals surface area contributed by atoms with Crippen LogP contribution in [0.2, 0.25) is 0 Å². The van der Waals surface area contributed by atoms with Crippen LogP contribution >= 0.6 is 0 Å². The minimum absolute atomic E-state index is 0.382. The van der Waals surface area contributed by atoms with Gasteiger partial charge in [0.15, 0.2) is 5.39 Å². The minimum Gasteiger partial charge on any atom is -0.418 e. The largest absolute Gasteiger partial charge is 0.673 e. The molecule has 94 valence electrons. The van der Waals surface area contributed by atoms with Gasteiger partial charge in [-0.3, -0.25) is 0 Å². The summed E-state index contributed by atoms with van der Waals surface area (Å²) in [4.78, 5) is 25.2. The van der Waals surface area contributed by atoms with Gasteiger partial charge >= 0.3 is 7.25 Å². The average molecular weight is 243 g/mol. The van der Waals surface area contributed by atoms with Crippen molar-refractivity contribution in [3.63, 3.8) is 0 Å². The normalized spacial score (nSPS) is 11.2. The van der Waals surface area contributed by atoms with Crippen LogP contribution in [-0.4, -0.2) is 28.6 Å². The molecule has 0 heterocycles. The third kappa shape index (κ3) is 24.7. The van der Waals surface area contributed by atoms with E-state index < -0.39 is 7.25 Å². The van der Waals surface area contributed by atoms with Crippen LogP contribution in [0.3, 0.4) is 0 Å². The summed E-state index contributed by atoms with van der Waals surface area (Å²) in [5.41, 5.74) is 0. The predicted octanol–water partition coefficient (Wildman–Crippen LogP) is -0.350. The van der Waals surface area contributed by atoms with Crippen molar-refractivity contribution in [2.45, 2.75) is 0 Å². The monoisotopic (exact) mass is 243 g/mol. The fourth-order valence-electron chi connectivity index (χ4n) is 0.246. The first-order valence-electron chi connectivity index (χ1n) is 3.21. The van der Waals surface area contributed by atoms with Crippen molar-refractivity contribution in [3.8, 4) is 0 Å². The Bertz CT molecular complexity index is 118. The van der Waals surface area contributed by atoms with Gasteiger partial charge in [-0.05, 0) is 0 Å². The topological polar surface area (TPSA) is 59.8 Å². The fourth-order valence-corrected chi connectivity index (χ4v) is 0.246. The summed E-state index contributed by atoms with van der Waals surface area (Å²) in [6, 6.07) is 0. The number of nitrogens with one attached hydrogen (secondary N) is 1. The SMILES string of the molecule is COO[NH+](OOC)OOC.F[B-](F)(F)F. The Labute approximate surface area is 82.1 Å². The molecule has 0 aliphatic heterocycles. The van der Waals surface area contributed by atoms with Crippen molar-refractivity contribution in [3.05, 3.63) is 0 Å². The van der Waals surface area contributed by atoms with Crippen molar-refractivity contribution in [2.24, 2.45) is 0 Å². The molecule has 0 aliphatic carbocycles. The van der Waals surface area contributed by atoms with E-state index in [1.54, 1.807) is 0 Å². The molecule has 7 nitrogen and oxygen atoms in total. The molecule has 0 saturated heterocycles. The van der Waals surface area contributed by atoms with Crippen molar-refractivity contribution in [2.75, 3.05) is 21.3 Å². The molecular formula is C3H10BF4NO6. The Morgan fingerprint density at radius 1 is 0.733 bits per heavy atom. The van der Waals surface area contributed by atoms with Gasteiger partial charge in [0, 0.05) is 15.0 Å². The molecule has 0 aromatic heterocycles. The number of rotatable bonds is 6. The van der Waals surface area contributed by atoms with Crippen LogP contribution in [0.15, 0.2) is 0 Å². The lowest BCUT2D eigenvalue weighted by Gasteiger charge is -2.03. The second-order valence-corrected chi connectivity index (χ2v) is 1.49. The lowest BCUT2D eigenvalue weighted by molar-refractivity contribution is -1.44. The molecule has 0 unspecified atom stereocenters. The molecule has 0 atom stereocenters. The van der Waals surface area contributed by atoms with Crippen LogP contribution in [0.1, 0.15) is 0 Å². The van der Waals surface area contributed by atoms with Gasteiger partial charge in [0.2, 0.25) is 0 Å². The minimum atomic E-state index is -6.00. The zero-order valence-corrected chi connectivity index (χ0v) is 8.04. The Hall–Kier alpha value is -0.495. The molecule has 0 rings (SSSR count). The van der Waals surface area contributed by atoms with E-state index in [9.17, 15) is 17.3 Å². The number of halogens is 4. The van der Waals surface area contributed by atoms with Gasteiger partial charge in [-0.25, -0.2) is 0 Å². The number of hydrogen-bond donors (Lipinski definition) is 1. The molecule has 0 amide bonds. The van der Waals surface area contributed by atoms with Crippen LogP contribution < -0.4 is 5.39 Å². The second kappa shape index (κ2) is 10.0. The van der Waals surface area contributed by atoms with E-state index >= 15 is 0 Å². The summed E-state index contributed by atoms with van der Waals surface area (Å²) in [5.74, 6) is 0. The summed E-state index contributed by atoms with van der Waals surface area (Å²) < 4.78 is 39.0. The summed E-state index contributed by atoms with van der Waals surface area (Å²) in [6.07, 6.45) is 0. The molecule has 0 aromatic carbocycles. The highest BCUT2D eigenvalue weighted by Crippen LogP contribution is 2.06. The van der Waals surface area contributed by atoms with Gasteiger partial charge in [-0.15, -0.1) is 0 Å². The maximum absolute atomic E-state index is 9.75. The lowest BCUT2D eigenvalue weighted by Crippen LogP contribution is -3.08. The summed E-state index contributed by atoms with van der Waals surface area (Å²) >= 11 is 0. The molecule has 0 saturated carbocycles. The van der Waals surface area contributed by atoms with E-state index in [0.717, 1.165) is 0 Å². The van der Waals surface area contributed by atoms with Crippen molar-refractivity contribution < 1.29 is 52.3 Å². The van der Waals surface area contributed by atoms with E-state index in [0.29, 0.717) is 0 Å². The van der Waals surface area contributed by atoms with Gasteiger partial charge in [0.05, 0.1) is 21.3 Å². The maximum Gasteiger partial charge on any atom is 0.673 e. The highest BCUT2D eigenvalue weighted by molar-refractivity contribution is 6.50. The van der Waals surface area contributed by atoms with Crippen molar-refractivity contribution in [1.29, 1.82) is 0 Å². The quantitative estimate of drug-likeness (QED) is 0.298. The van der Waals surface area contributed by atoms with E-state index in [4.69, 9.17) is 0 Å². The lowest BCUT2D eigenvalue weighted by atomic mass is 10.3. The molecule has 12 heteroatoms. The molecule has 1 N–H and O–H groups in total. The Morgan fingerprint density at radius 2 is 0.933 bits per heavy atom. The first-order valence-corrected chi connectivity index (χ1v) is 3.21. The smallest absolute Gasteiger partial charge is 0.418 e. The molecule has 0 radical (unpaired) electrons. The van der Waals surface area contributed by atoms with Crippen molar-refractivity contribution >= 4 is 7.25 Å². The molecule has 0 spiro atoms. The average Bonchev–Trinajstić information content (AvgIpc) is 2.02. The van der Waals surface area contributed by atoms with Crippen molar-refractivity contribution in [1.82, 2.24) is 0 Å². The van der Waals surface area contributed by atoms with Gasteiger partial charge in [-0.2, -0.15) is 14.7 Å². The van der Waals surface area contributed by atoms with Crippen LogP contribution in [0.4, 0.5) is 17.3 Å². The Balaban J connectivity index is 0. The zero-order chi connectivity index (χ0) is 12.3. The highest BCUT2D eigenvalue weighted by atomic mass is 19.5. The molecule has 0 aromatic rings. The highest BCUT2D eigenvalue weighted by Gasteiger charge is 2.20. The fraction of sp³-hybridized carbons (Fsp3) is 1.00. The third-order valence-electron chi connectivity index (χ3n) is 0.454. The van der Waals surface area contributed by atoms with Gasteiger partial charge < -0.3 is 17.3 Å². The molecule has 0 bridgehead atoms. The first-order chi connectivity index (χ1) is 6.85. The molecule has 0 fully saturated rings. The number of hydrogen-bond acceptors (Lipinski definition) is 6. The number of quaternary nitrogens is 1. The zero-order valence-electron chi connectivity index (χ0n) is 8.04. The molecular weight excluding hydrogens is 233 g/mol. The Kier molecular flexibility index (Phi) is 11.3. The second-order valence-electron chi connectivity index (χ2n) is 1.49. The first kappa shape index (κ1) is 16.9. The van der Waals surface area contributed by atoms with E-state index in [1.807, 2.05) is 0 Å². The van der Waals surface area contributed by atoms with Gasteiger partial charge in [0.1, 0.15) is 0 Å². The van der Waals surface area contributed by atoms with E-state index in [-0.39, 0.29) is 5.39 Å². The van der Waals surface area contributed by atoms with Crippen LogP contribution in [0, 0.1) is 0 Å². The molecule has 15 heavy (non-hydrogen) atoms. The predicted molar refractivity (Wildman–Crippen MR) is 35.4 cm³/mol. The van der Waals surface area contributed by atoms with E-state index in [2.05, 4.69) is 29.6 Å². The van der Waals surface area contributed by atoms with Gasteiger partial charge in [-0.1, -0.05) is 0 Å².